The summed E-state index contributed by atoms with van der Waals surface area (Å²) in [7, 11) is 0. The van der Waals surface area contributed by atoms with Crippen LogP contribution in [0.3, 0.4) is 0 Å². The molecule has 1 heterocycles. The van der Waals surface area contributed by atoms with Crippen LogP contribution in [0.1, 0.15) is 45.4 Å². The first-order valence-corrected chi connectivity index (χ1v) is 6.64. The predicted molar refractivity (Wildman–Crippen MR) is 67.0 cm³/mol. The Balaban J connectivity index is 2.09. The number of rotatable bonds is 1. The van der Waals surface area contributed by atoms with Gasteiger partial charge in [-0.1, -0.05) is 12.8 Å². The maximum absolute atomic E-state index is 5.59. The van der Waals surface area contributed by atoms with E-state index >= 15 is 0 Å². The Morgan fingerprint density at radius 2 is 2.06 bits per heavy atom. The normalized spacial score (nSPS) is 31.1. The van der Waals surface area contributed by atoms with Crippen molar-refractivity contribution in [2.45, 2.75) is 51.5 Å². The highest BCUT2D eigenvalue weighted by Gasteiger charge is 2.34. The Hall–Kier alpha value is -0.770. The van der Waals surface area contributed by atoms with E-state index in [0.717, 1.165) is 25.0 Å². The van der Waals surface area contributed by atoms with Gasteiger partial charge in [-0.15, -0.1) is 0 Å². The Morgan fingerprint density at radius 1 is 1.31 bits per heavy atom. The van der Waals surface area contributed by atoms with Crippen LogP contribution in [0.15, 0.2) is 4.99 Å². The molecule has 2 unspecified atom stereocenters. The Labute approximate surface area is 98.3 Å². The molecule has 0 spiro atoms. The fraction of sp³-hybridized carbons (Fsp3) is 0.917. The summed E-state index contributed by atoms with van der Waals surface area (Å²) in [5, 5.41) is 0. The lowest BCUT2D eigenvalue weighted by Gasteiger charge is -2.45. The molecule has 16 heavy (non-hydrogen) atoms. The lowest BCUT2D eigenvalue weighted by Crippen LogP contribution is -2.55. The van der Waals surface area contributed by atoms with E-state index in [9.17, 15) is 0 Å². The molecule has 4 heteroatoms. The molecule has 2 fully saturated rings. The first-order valence-electron chi connectivity index (χ1n) is 6.64. The van der Waals surface area contributed by atoms with E-state index in [2.05, 4.69) is 22.2 Å². The minimum Gasteiger partial charge on any atom is -0.339 e. The molecule has 0 aromatic carbocycles. The molecular weight excluding hydrogens is 200 g/mol. The van der Waals surface area contributed by atoms with Gasteiger partial charge in [-0.25, -0.2) is 5.84 Å². The van der Waals surface area contributed by atoms with Crippen LogP contribution in [0, 0.1) is 5.92 Å². The number of hydrogen-bond acceptors (Lipinski definition) is 2. The maximum Gasteiger partial charge on any atom is 0.208 e. The average Bonchev–Trinajstić information content (AvgIpc) is 2.35. The van der Waals surface area contributed by atoms with E-state index in [1.807, 2.05) is 0 Å². The van der Waals surface area contributed by atoms with Crippen molar-refractivity contribution in [1.82, 2.24) is 10.3 Å². The largest absolute Gasteiger partial charge is 0.339 e. The van der Waals surface area contributed by atoms with Crippen molar-refractivity contribution < 1.29 is 0 Å². The standard InChI is InChI=1S/C12H24N4/c1-2-14-12(15-13)16-9-5-7-10-6-3-4-8-11(10)16/h10-11H,2-9,13H2,1H3,(H,14,15). The summed E-state index contributed by atoms with van der Waals surface area (Å²) in [6.07, 6.45) is 8.16. The zero-order chi connectivity index (χ0) is 11.4. The summed E-state index contributed by atoms with van der Waals surface area (Å²) in [5.41, 5.74) is 2.78. The monoisotopic (exact) mass is 224 g/mol. The van der Waals surface area contributed by atoms with Crippen molar-refractivity contribution in [2.75, 3.05) is 13.1 Å². The SMILES string of the molecule is CCN=C(NN)N1CCCC2CCCCC21. The van der Waals surface area contributed by atoms with E-state index in [1.165, 1.54) is 38.5 Å². The Bertz CT molecular complexity index is 249. The van der Waals surface area contributed by atoms with Crippen LogP contribution in [0.25, 0.3) is 0 Å². The number of guanidine groups is 1. The summed E-state index contributed by atoms with van der Waals surface area (Å²) in [5.74, 6) is 7.36. The fourth-order valence-electron chi connectivity index (χ4n) is 3.26. The van der Waals surface area contributed by atoms with Gasteiger partial charge in [-0.05, 0) is 38.5 Å². The molecule has 0 radical (unpaired) electrons. The number of piperidine rings is 1. The van der Waals surface area contributed by atoms with E-state index < -0.39 is 0 Å². The molecule has 2 atom stereocenters. The summed E-state index contributed by atoms with van der Waals surface area (Å²) in [6, 6.07) is 0.684. The van der Waals surface area contributed by atoms with E-state index in [-0.39, 0.29) is 0 Å². The highest BCUT2D eigenvalue weighted by molar-refractivity contribution is 5.79. The zero-order valence-corrected chi connectivity index (χ0v) is 10.3. The summed E-state index contributed by atoms with van der Waals surface area (Å²) < 4.78 is 0. The first-order chi connectivity index (χ1) is 7.86. The van der Waals surface area contributed by atoms with Gasteiger partial charge in [0.25, 0.3) is 0 Å². The van der Waals surface area contributed by atoms with Crippen LogP contribution in [-0.4, -0.2) is 30.0 Å². The predicted octanol–water partition coefficient (Wildman–Crippen LogP) is 1.48. The van der Waals surface area contributed by atoms with E-state index in [0.29, 0.717) is 6.04 Å². The van der Waals surface area contributed by atoms with Gasteiger partial charge in [0, 0.05) is 19.1 Å². The topological polar surface area (TPSA) is 53.6 Å². The Kier molecular flexibility index (Phi) is 4.04. The lowest BCUT2D eigenvalue weighted by molar-refractivity contribution is 0.116. The van der Waals surface area contributed by atoms with Gasteiger partial charge < -0.3 is 4.90 Å². The lowest BCUT2D eigenvalue weighted by atomic mass is 9.78. The molecule has 1 aliphatic heterocycles. The van der Waals surface area contributed by atoms with Crippen LogP contribution in [0.5, 0.6) is 0 Å². The number of aliphatic imine (C=N–C) groups is 1. The number of nitrogens with zero attached hydrogens (tertiary/aromatic N) is 2. The van der Waals surface area contributed by atoms with Crippen molar-refractivity contribution in [3.8, 4) is 0 Å². The second kappa shape index (κ2) is 5.53. The molecule has 0 aromatic heterocycles. The average molecular weight is 224 g/mol. The molecule has 4 nitrogen and oxygen atoms in total. The molecule has 1 saturated carbocycles. The van der Waals surface area contributed by atoms with Crippen molar-refractivity contribution in [1.29, 1.82) is 0 Å². The number of nitrogens with two attached hydrogens (primary N) is 1. The van der Waals surface area contributed by atoms with Gasteiger partial charge in [0.05, 0.1) is 0 Å². The quantitative estimate of drug-likeness (QED) is 0.307. The number of hydrogen-bond donors (Lipinski definition) is 2. The number of nitrogens with one attached hydrogen (secondary N) is 1. The van der Waals surface area contributed by atoms with Crippen LogP contribution in [0.2, 0.25) is 0 Å². The third kappa shape index (κ3) is 2.32. The highest BCUT2D eigenvalue weighted by atomic mass is 15.4. The molecule has 0 bridgehead atoms. The third-order valence-electron chi connectivity index (χ3n) is 3.95. The smallest absolute Gasteiger partial charge is 0.208 e. The van der Waals surface area contributed by atoms with Crippen molar-refractivity contribution in [2.24, 2.45) is 16.8 Å². The van der Waals surface area contributed by atoms with Crippen LogP contribution in [-0.2, 0) is 0 Å². The van der Waals surface area contributed by atoms with Crippen LogP contribution in [0.4, 0.5) is 0 Å². The van der Waals surface area contributed by atoms with Crippen molar-refractivity contribution in [3.05, 3.63) is 0 Å². The van der Waals surface area contributed by atoms with Gasteiger partial charge in [0.2, 0.25) is 5.96 Å². The van der Waals surface area contributed by atoms with E-state index in [1.54, 1.807) is 0 Å². The zero-order valence-electron chi connectivity index (χ0n) is 10.3. The molecule has 2 rings (SSSR count). The van der Waals surface area contributed by atoms with Crippen molar-refractivity contribution in [3.63, 3.8) is 0 Å². The summed E-state index contributed by atoms with van der Waals surface area (Å²) in [4.78, 5) is 6.88. The Morgan fingerprint density at radius 3 is 2.81 bits per heavy atom. The third-order valence-corrected chi connectivity index (χ3v) is 3.95. The molecule has 92 valence electrons. The number of hydrazine groups is 1. The number of likely N-dealkylation sites (tertiary alicyclic amines) is 1. The molecule has 1 aliphatic carbocycles. The number of fused-ring (bicyclic) bond motifs is 1. The van der Waals surface area contributed by atoms with Gasteiger partial charge >= 0.3 is 0 Å². The highest BCUT2D eigenvalue weighted by Crippen LogP contribution is 2.35. The summed E-state index contributed by atoms with van der Waals surface area (Å²) in [6.45, 7) is 3.97. The molecule has 0 amide bonds. The van der Waals surface area contributed by atoms with Crippen molar-refractivity contribution >= 4 is 5.96 Å². The molecule has 1 saturated heterocycles. The van der Waals surface area contributed by atoms with Gasteiger partial charge in [-0.2, -0.15) is 0 Å². The molecule has 2 aliphatic rings. The van der Waals surface area contributed by atoms with Crippen LogP contribution < -0.4 is 11.3 Å². The van der Waals surface area contributed by atoms with Gasteiger partial charge in [0.1, 0.15) is 0 Å². The summed E-state index contributed by atoms with van der Waals surface area (Å²) >= 11 is 0. The second-order valence-corrected chi connectivity index (χ2v) is 4.89. The van der Waals surface area contributed by atoms with Crippen LogP contribution >= 0.6 is 0 Å². The second-order valence-electron chi connectivity index (χ2n) is 4.89. The molecular formula is C12H24N4. The first kappa shape index (κ1) is 11.7. The fourth-order valence-corrected chi connectivity index (χ4v) is 3.26. The minimum atomic E-state index is 0.684. The minimum absolute atomic E-state index is 0.684. The molecule has 0 aromatic rings. The maximum atomic E-state index is 5.59. The van der Waals surface area contributed by atoms with Gasteiger partial charge in [-0.3, -0.25) is 10.4 Å². The van der Waals surface area contributed by atoms with Gasteiger partial charge in [0.15, 0.2) is 0 Å². The van der Waals surface area contributed by atoms with E-state index in [4.69, 9.17) is 5.84 Å². The molecule has 3 N–H and O–H groups in total.